The molecule has 1 N–H and O–H groups in total. The summed E-state index contributed by atoms with van der Waals surface area (Å²) in [5.41, 5.74) is 0. The van der Waals surface area contributed by atoms with E-state index in [0.717, 1.165) is 8.96 Å². The van der Waals surface area contributed by atoms with Crippen LogP contribution in [-0.2, 0) is 0 Å². The fourth-order valence-corrected chi connectivity index (χ4v) is 2.15. The molecular formula is C6H7Br2NO. The number of halogens is 2. The highest BCUT2D eigenvalue weighted by molar-refractivity contribution is 9.12. The molecule has 0 radical (unpaired) electrons. The first-order valence-corrected chi connectivity index (χ1v) is 4.34. The summed E-state index contributed by atoms with van der Waals surface area (Å²) >= 11 is 6.53. The molecule has 0 aliphatic carbocycles. The van der Waals surface area contributed by atoms with Crippen molar-refractivity contribution in [3.8, 4) is 0 Å². The van der Waals surface area contributed by atoms with Gasteiger partial charge in [-0.2, -0.15) is 0 Å². The van der Waals surface area contributed by atoms with Gasteiger partial charge in [0.25, 0.3) is 0 Å². The van der Waals surface area contributed by atoms with Crippen molar-refractivity contribution in [3.05, 3.63) is 21.2 Å². The zero-order valence-electron chi connectivity index (χ0n) is 5.38. The van der Waals surface area contributed by atoms with E-state index in [-0.39, 0.29) is 0 Å². The minimum atomic E-state index is -0.540. The summed E-state index contributed by atoms with van der Waals surface area (Å²) in [6, 6.07) is 0. The summed E-state index contributed by atoms with van der Waals surface area (Å²) in [7, 11) is 1.81. The maximum atomic E-state index is 9.31. The molecule has 0 saturated carbocycles. The lowest BCUT2D eigenvalue weighted by atomic mass is 10.3. The van der Waals surface area contributed by atoms with Crippen LogP contribution in [0.3, 0.4) is 0 Å². The quantitative estimate of drug-likeness (QED) is 0.724. The molecule has 2 nitrogen and oxygen atoms in total. The van der Waals surface area contributed by atoms with E-state index in [1.165, 1.54) is 0 Å². The molecule has 1 rings (SSSR count). The average Bonchev–Trinajstić information content (AvgIpc) is 1.82. The lowest BCUT2D eigenvalue weighted by Crippen LogP contribution is -2.28. The molecule has 0 fully saturated rings. The molecule has 0 bridgehead atoms. The van der Waals surface area contributed by atoms with Gasteiger partial charge in [0.15, 0.2) is 6.23 Å². The summed E-state index contributed by atoms with van der Waals surface area (Å²) in [5.74, 6) is 0. The highest BCUT2D eigenvalue weighted by Crippen LogP contribution is 2.24. The van der Waals surface area contributed by atoms with E-state index in [1.807, 2.05) is 12.3 Å². The highest BCUT2D eigenvalue weighted by Gasteiger charge is 2.15. The third kappa shape index (κ3) is 1.62. The molecule has 0 spiro atoms. The first-order valence-electron chi connectivity index (χ1n) is 2.75. The number of hydrogen-bond donors (Lipinski definition) is 1. The second-order valence-corrected chi connectivity index (χ2v) is 3.91. The van der Waals surface area contributed by atoms with Crippen molar-refractivity contribution >= 4 is 31.9 Å². The molecule has 56 valence electrons. The van der Waals surface area contributed by atoms with Gasteiger partial charge in [-0.3, -0.25) is 0 Å². The summed E-state index contributed by atoms with van der Waals surface area (Å²) in [5, 5.41) is 9.31. The van der Waals surface area contributed by atoms with Crippen molar-refractivity contribution in [3.63, 3.8) is 0 Å². The summed E-state index contributed by atoms with van der Waals surface area (Å²) in [6.07, 6.45) is 3.10. The molecule has 0 amide bonds. The van der Waals surface area contributed by atoms with Crippen LogP contribution in [0.5, 0.6) is 0 Å². The fraction of sp³-hybridized carbons (Fsp3) is 0.333. The van der Waals surface area contributed by atoms with Gasteiger partial charge >= 0.3 is 0 Å². The van der Waals surface area contributed by atoms with E-state index in [1.54, 1.807) is 11.9 Å². The third-order valence-corrected chi connectivity index (χ3v) is 2.31. The van der Waals surface area contributed by atoms with Crippen LogP contribution in [0.1, 0.15) is 0 Å². The summed E-state index contributed by atoms with van der Waals surface area (Å²) in [4.78, 5) is 1.70. The highest BCUT2D eigenvalue weighted by atomic mass is 79.9. The van der Waals surface area contributed by atoms with E-state index >= 15 is 0 Å². The van der Waals surface area contributed by atoms with Crippen LogP contribution in [0.15, 0.2) is 21.2 Å². The van der Waals surface area contributed by atoms with Crippen molar-refractivity contribution in [1.82, 2.24) is 4.90 Å². The molecule has 0 aromatic carbocycles. The molecule has 1 unspecified atom stereocenters. The Morgan fingerprint density at radius 1 is 1.60 bits per heavy atom. The first kappa shape index (κ1) is 8.30. The van der Waals surface area contributed by atoms with E-state index in [4.69, 9.17) is 0 Å². The number of likely N-dealkylation sites (N-methyl/N-ethyl adjacent to an activating group) is 1. The lowest BCUT2D eigenvalue weighted by molar-refractivity contribution is 0.0943. The molecule has 1 atom stereocenters. The van der Waals surface area contributed by atoms with Crippen molar-refractivity contribution in [2.45, 2.75) is 6.23 Å². The summed E-state index contributed by atoms with van der Waals surface area (Å²) < 4.78 is 1.72. The van der Waals surface area contributed by atoms with E-state index in [2.05, 4.69) is 31.9 Å². The van der Waals surface area contributed by atoms with E-state index in [9.17, 15) is 5.11 Å². The Morgan fingerprint density at radius 3 is 2.70 bits per heavy atom. The Bertz CT molecular complexity index is 200. The van der Waals surface area contributed by atoms with Gasteiger partial charge in [-0.1, -0.05) is 15.9 Å². The van der Waals surface area contributed by atoms with Gasteiger partial charge in [0.2, 0.25) is 0 Å². The van der Waals surface area contributed by atoms with Gasteiger partial charge in [-0.25, -0.2) is 0 Å². The van der Waals surface area contributed by atoms with E-state index in [0.29, 0.717) is 0 Å². The first-order chi connectivity index (χ1) is 4.61. The Kier molecular flexibility index (Phi) is 2.55. The Labute approximate surface area is 76.5 Å². The average molecular weight is 269 g/mol. The molecule has 0 aromatic heterocycles. The molecule has 1 heterocycles. The predicted molar refractivity (Wildman–Crippen MR) is 47.8 cm³/mol. The Morgan fingerprint density at radius 2 is 2.20 bits per heavy atom. The number of nitrogens with zero attached hydrogens (tertiary/aromatic N) is 1. The normalized spacial score (nSPS) is 26.0. The van der Waals surface area contributed by atoms with Gasteiger partial charge in [0, 0.05) is 22.2 Å². The zero-order chi connectivity index (χ0) is 7.72. The smallest absolute Gasteiger partial charge is 0.159 e. The second kappa shape index (κ2) is 3.07. The number of rotatable bonds is 0. The minimum Gasteiger partial charge on any atom is -0.369 e. The Hall–Kier alpha value is 0.200. The maximum absolute atomic E-state index is 9.31. The molecule has 0 aromatic rings. The molecule has 1 aliphatic heterocycles. The number of aliphatic hydroxyl groups excluding tert-OH is 1. The van der Waals surface area contributed by atoms with E-state index < -0.39 is 6.23 Å². The molecule has 0 saturated heterocycles. The van der Waals surface area contributed by atoms with Gasteiger partial charge in [0.05, 0.1) is 0 Å². The topological polar surface area (TPSA) is 23.5 Å². The van der Waals surface area contributed by atoms with Crippen LogP contribution in [0.4, 0.5) is 0 Å². The number of aliphatic hydroxyl groups is 1. The zero-order valence-corrected chi connectivity index (χ0v) is 8.55. The van der Waals surface area contributed by atoms with Crippen molar-refractivity contribution in [1.29, 1.82) is 0 Å². The molecular weight excluding hydrogens is 262 g/mol. The van der Waals surface area contributed by atoms with Gasteiger partial charge < -0.3 is 10.0 Å². The number of hydrogen-bond acceptors (Lipinski definition) is 2. The monoisotopic (exact) mass is 267 g/mol. The molecule has 1 aliphatic rings. The van der Waals surface area contributed by atoms with Crippen molar-refractivity contribution in [2.75, 3.05) is 7.05 Å². The minimum absolute atomic E-state index is 0.540. The Balaban J connectivity index is 2.85. The van der Waals surface area contributed by atoms with Crippen LogP contribution in [0.2, 0.25) is 0 Å². The largest absolute Gasteiger partial charge is 0.369 e. The van der Waals surface area contributed by atoms with Crippen LogP contribution in [-0.4, -0.2) is 23.3 Å². The van der Waals surface area contributed by atoms with Crippen LogP contribution in [0.25, 0.3) is 0 Å². The SMILES string of the molecule is CN1C=C(Br)C=C(Br)C1O. The van der Waals surface area contributed by atoms with Crippen molar-refractivity contribution in [2.24, 2.45) is 0 Å². The van der Waals surface area contributed by atoms with Crippen molar-refractivity contribution < 1.29 is 5.11 Å². The standard InChI is InChI=1S/C6H7Br2NO/c1-9-3-4(7)2-5(8)6(9)10/h2-3,6,10H,1H3. The fourth-order valence-electron chi connectivity index (χ4n) is 0.703. The van der Waals surface area contributed by atoms with Gasteiger partial charge in [-0.05, 0) is 22.0 Å². The lowest BCUT2D eigenvalue weighted by Gasteiger charge is -2.24. The molecule has 4 heteroatoms. The predicted octanol–water partition coefficient (Wildman–Crippen LogP) is 1.77. The second-order valence-electron chi connectivity index (χ2n) is 2.08. The maximum Gasteiger partial charge on any atom is 0.159 e. The van der Waals surface area contributed by atoms with Gasteiger partial charge in [0.1, 0.15) is 0 Å². The van der Waals surface area contributed by atoms with Crippen LogP contribution >= 0.6 is 31.9 Å². The number of allylic oxidation sites excluding steroid dienone is 2. The van der Waals surface area contributed by atoms with Crippen LogP contribution < -0.4 is 0 Å². The van der Waals surface area contributed by atoms with Crippen LogP contribution in [0, 0.1) is 0 Å². The third-order valence-electron chi connectivity index (χ3n) is 1.24. The summed E-state index contributed by atoms with van der Waals surface area (Å²) in [6.45, 7) is 0. The molecule has 10 heavy (non-hydrogen) atoms. The van der Waals surface area contributed by atoms with Gasteiger partial charge in [-0.15, -0.1) is 0 Å².